The summed E-state index contributed by atoms with van der Waals surface area (Å²) in [6.45, 7) is 8.11. The maximum Gasteiger partial charge on any atom is 0.217 e. The van der Waals surface area contributed by atoms with Crippen molar-refractivity contribution in [2.24, 2.45) is 0 Å². The SMILES string of the molecule is CC(=O)NC(CN1CCCC1)C(C)c1ccc2c(c1)OCCO2. The Bertz CT molecular complexity index is 555. The zero-order chi connectivity index (χ0) is 16.2. The molecule has 5 heteroatoms. The monoisotopic (exact) mass is 318 g/mol. The summed E-state index contributed by atoms with van der Waals surface area (Å²) in [4.78, 5) is 14.1. The normalized spacial score (nSPS) is 20.1. The highest BCUT2D eigenvalue weighted by molar-refractivity contribution is 5.73. The van der Waals surface area contributed by atoms with E-state index in [0.717, 1.165) is 31.1 Å². The molecule has 2 aliphatic heterocycles. The quantitative estimate of drug-likeness (QED) is 0.904. The van der Waals surface area contributed by atoms with Crippen molar-refractivity contribution in [3.63, 3.8) is 0 Å². The van der Waals surface area contributed by atoms with Gasteiger partial charge in [0.1, 0.15) is 13.2 Å². The Morgan fingerprint density at radius 3 is 2.61 bits per heavy atom. The summed E-state index contributed by atoms with van der Waals surface area (Å²) in [7, 11) is 0. The molecule has 23 heavy (non-hydrogen) atoms. The van der Waals surface area contributed by atoms with Gasteiger partial charge in [-0.1, -0.05) is 13.0 Å². The molecular formula is C18H26N2O3. The third-order valence-electron chi connectivity index (χ3n) is 4.74. The van der Waals surface area contributed by atoms with Crippen molar-refractivity contribution in [3.8, 4) is 11.5 Å². The molecule has 3 rings (SSSR count). The lowest BCUT2D eigenvalue weighted by molar-refractivity contribution is -0.119. The van der Waals surface area contributed by atoms with Crippen molar-refractivity contribution >= 4 is 5.91 Å². The van der Waals surface area contributed by atoms with Crippen molar-refractivity contribution in [3.05, 3.63) is 23.8 Å². The molecule has 1 N–H and O–H groups in total. The van der Waals surface area contributed by atoms with Crippen LogP contribution in [0.2, 0.25) is 0 Å². The van der Waals surface area contributed by atoms with Crippen LogP contribution in [0.1, 0.15) is 38.2 Å². The second-order valence-electron chi connectivity index (χ2n) is 6.51. The van der Waals surface area contributed by atoms with E-state index in [9.17, 15) is 4.79 Å². The van der Waals surface area contributed by atoms with Gasteiger partial charge in [0.2, 0.25) is 5.91 Å². The standard InChI is InChI=1S/C18H26N2O3/c1-13(15-5-6-17-18(11-15)23-10-9-22-17)16(19-14(2)21)12-20-7-3-4-8-20/h5-6,11,13,16H,3-4,7-10,12H2,1-2H3,(H,19,21). The number of carbonyl (C=O) groups is 1. The highest BCUT2D eigenvalue weighted by Gasteiger charge is 2.25. The van der Waals surface area contributed by atoms with Gasteiger partial charge in [0.05, 0.1) is 0 Å². The van der Waals surface area contributed by atoms with E-state index in [1.807, 2.05) is 6.07 Å². The van der Waals surface area contributed by atoms with Crippen molar-refractivity contribution in [2.75, 3.05) is 32.8 Å². The van der Waals surface area contributed by atoms with E-state index < -0.39 is 0 Å². The van der Waals surface area contributed by atoms with E-state index in [-0.39, 0.29) is 17.9 Å². The first-order chi connectivity index (χ1) is 11.1. The fraction of sp³-hybridized carbons (Fsp3) is 0.611. The first-order valence-electron chi connectivity index (χ1n) is 8.52. The number of hydrogen-bond donors (Lipinski definition) is 1. The van der Waals surface area contributed by atoms with Gasteiger partial charge in [0.25, 0.3) is 0 Å². The molecule has 0 bridgehead atoms. The number of rotatable bonds is 5. The van der Waals surface area contributed by atoms with Gasteiger partial charge in [0, 0.05) is 25.4 Å². The summed E-state index contributed by atoms with van der Waals surface area (Å²) in [5.41, 5.74) is 1.17. The largest absolute Gasteiger partial charge is 0.486 e. The third-order valence-corrected chi connectivity index (χ3v) is 4.74. The minimum Gasteiger partial charge on any atom is -0.486 e. The summed E-state index contributed by atoms with van der Waals surface area (Å²) in [5, 5.41) is 3.13. The molecule has 126 valence electrons. The summed E-state index contributed by atoms with van der Waals surface area (Å²) >= 11 is 0. The zero-order valence-electron chi connectivity index (χ0n) is 14.0. The Morgan fingerprint density at radius 1 is 1.22 bits per heavy atom. The van der Waals surface area contributed by atoms with Gasteiger partial charge >= 0.3 is 0 Å². The predicted molar refractivity (Wildman–Crippen MR) is 89.1 cm³/mol. The molecule has 1 aromatic rings. The molecule has 2 unspecified atom stereocenters. The minimum absolute atomic E-state index is 0.0265. The molecule has 5 nitrogen and oxygen atoms in total. The highest BCUT2D eigenvalue weighted by Crippen LogP contribution is 2.34. The van der Waals surface area contributed by atoms with Crippen molar-refractivity contribution in [1.29, 1.82) is 0 Å². The second-order valence-corrected chi connectivity index (χ2v) is 6.51. The molecule has 2 aliphatic rings. The molecule has 0 aromatic heterocycles. The Morgan fingerprint density at radius 2 is 1.91 bits per heavy atom. The van der Waals surface area contributed by atoms with Crippen LogP contribution in [-0.2, 0) is 4.79 Å². The number of hydrogen-bond acceptors (Lipinski definition) is 4. The Hall–Kier alpha value is -1.75. The zero-order valence-corrected chi connectivity index (χ0v) is 14.0. The maximum atomic E-state index is 11.6. The van der Waals surface area contributed by atoms with E-state index in [4.69, 9.17) is 9.47 Å². The highest BCUT2D eigenvalue weighted by atomic mass is 16.6. The van der Waals surface area contributed by atoms with E-state index >= 15 is 0 Å². The van der Waals surface area contributed by atoms with Gasteiger partial charge in [-0.05, 0) is 43.6 Å². The lowest BCUT2D eigenvalue weighted by Crippen LogP contribution is -2.45. The summed E-state index contributed by atoms with van der Waals surface area (Å²) < 4.78 is 11.3. The fourth-order valence-electron chi connectivity index (χ4n) is 3.41. The van der Waals surface area contributed by atoms with Crippen LogP contribution in [0.15, 0.2) is 18.2 Å². The van der Waals surface area contributed by atoms with Gasteiger partial charge < -0.3 is 19.7 Å². The second kappa shape index (κ2) is 7.21. The molecular weight excluding hydrogens is 292 g/mol. The average Bonchev–Trinajstić information content (AvgIpc) is 3.06. The molecule has 1 aromatic carbocycles. The summed E-state index contributed by atoms with van der Waals surface area (Å²) in [5.74, 6) is 1.86. The van der Waals surface area contributed by atoms with E-state index in [2.05, 4.69) is 29.3 Å². The number of nitrogens with zero attached hydrogens (tertiary/aromatic N) is 1. The maximum absolute atomic E-state index is 11.6. The van der Waals surface area contributed by atoms with Gasteiger partial charge in [-0.2, -0.15) is 0 Å². The van der Waals surface area contributed by atoms with E-state index in [1.54, 1.807) is 6.92 Å². The Labute approximate surface area is 137 Å². The molecule has 0 radical (unpaired) electrons. The topological polar surface area (TPSA) is 50.8 Å². The average molecular weight is 318 g/mol. The molecule has 0 spiro atoms. The van der Waals surface area contributed by atoms with Gasteiger partial charge in [-0.25, -0.2) is 0 Å². The smallest absolute Gasteiger partial charge is 0.217 e. The molecule has 0 saturated carbocycles. The van der Waals surface area contributed by atoms with Crippen molar-refractivity contribution < 1.29 is 14.3 Å². The van der Waals surface area contributed by atoms with Crippen molar-refractivity contribution in [2.45, 2.75) is 38.6 Å². The minimum atomic E-state index is 0.0265. The first-order valence-corrected chi connectivity index (χ1v) is 8.52. The van der Waals surface area contributed by atoms with Crippen LogP contribution in [-0.4, -0.2) is 49.7 Å². The van der Waals surface area contributed by atoms with Gasteiger partial charge in [-0.15, -0.1) is 0 Å². The number of amides is 1. The van der Waals surface area contributed by atoms with Crippen LogP contribution in [0.5, 0.6) is 11.5 Å². The van der Waals surface area contributed by atoms with Crippen LogP contribution in [0.25, 0.3) is 0 Å². The molecule has 1 amide bonds. The van der Waals surface area contributed by atoms with E-state index in [1.165, 1.54) is 18.4 Å². The van der Waals surface area contributed by atoms with Gasteiger partial charge in [0.15, 0.2) is 11.5 Å². The van der Waals surface area contributed by atoms with Crippen LogP contribution < -0.4 is 14.8 Å². The lowest BCUT2D eigenvalue weighted by Gasteiger charge is -2.30. The third kappa shape index (κ3) is 3.96. The molecule has 1 fully saturated rings. The van der Waals surface area contributed by atoms with Crippen LogP contribution >= 0.6 is 0 Å². The lowest BCUT2D eigenvalue weighted by atomic mass is 9.92. The predicted octanol–water partition coefficient (Wildman–Crippen LogP) is 2.16. The number of carbonyl (C=O) groups excluding carboxylic acids is 1. The molecule has 1 saturated heterocycles. The Kier molecular flexibility index (Phi) is 5.06. The first kappa shape index (κ1) is 16.1. The number of fused-ring (bicyclic) bond motifs is 1. The van der Waals surface area contributed by atoms with Crippen molar-refractivity contribution in [1.82, 2.24) is 10.2 Å². The Balaban J connectivity index is 1.75. The molecule has 2 heterocycles. The fourth-order valence-corrected chi connectivity index (χ4v) is 3.41. The molecule has 2 atom stereocenters. The van der Waals surface area contributed by atoms with E-state index in [0.29, 0.717) is 13.2 Å². The van der Waals surface area contributed by atoms with Crippen LogP contribution in [0.4, 0.5) is 0 Å². The van der Waals surface area contributed by atoms with Gasteiger partial charge in [-0.3, -0.25) is 4.79 Å². The van der Waals surface area contributed by atoms with Crippen LogP contribution in [0.3, 0.4) is 0 Å². The number of ether oxygens (including phenoxy) is 2. The number of nitrogens with one attached hydrogen (secondary N) is 1. The summed E-state index contributed by atoms with van der Waals surface area (Å²) in [6.07, 6.45) is 2.51. The number of likely N-dealkylation sites (tertiary alicyclic amines) is 1. The van der Waals surface area contributed by atoms with Crippen LogP contribution in [0, 0.1) is 0 Å². The molecule has 0 aliphatic carbocycles. The number of benzene rings is 1. The summed E-state index contributed by atoms with van der Waals surface area (Å²) in [6, 6.07) is 6.21.